The predicted octanol–water partition coefficient (Wildman–Crippen LogP) is 0.235. The molecule has 0 spiro atoms. The Balaban J connectivity index is 2.30. The lowest BCUT2D eigenvalue weighted by Crippen LogP contribution is -2.39. The lowest BCUT2D eigenvalue weighted by atomic mass is 10.2. The van der Waals surface area contributed by atoms with Gasteiger partial charge in [-0.1, -0.05) is 0 Å². The second kappa shape index (κ2) is 8.68. The molecule has 0 saturated heterocycles. The number of rotatable bonds is 9. The first-order chi connectivity index (χ1) is 9.15. The summed E-state index contributed by atoms with van der Waals surface area (Å²) < 4.78 is 10.3. The van der Waals surface area contributed by atoms with Gasteiger partial charge < -0.3 is 19.8 Å². The maximum Gasteiger partial charge on any atom is 0.234 e. The molecule has 1 unspecified atom stereocenters. The summed E-state index contributed by atoms with van der Waals surface area (Å²) in [6.45, 7) is 2.08. The average molecular weight is 269 g/mol. The first-order valence-electron chi connectivity index (χ1n) is 6.31. The Morgan fingerprint density at radius 1 is 1.53 bits per heavy atom. The van der Waals surface area contributed by atoms with Gasteiger partial charge in [0.1, 0.15) is 5.76 Å². The molecule has 1 aromatic rings. The van der Waals surface area contributed by atoms with Gasteiger partial charge >= 0.3 is 0 Å². The molecule has 0 fully saturated rings. The third kappa shape index (κ3) is 5.87. The second-order valence-corrected chi connectivity index (χ2v) is 4.47. The molecule has 6 heteroatoms. The second-order valence-electron chi connectivity index (χ2n) is 4.47. The van der Waals surface area contributed by atoms with Crippen LogP contribution in [0.25, 0.3) is 0 Å². The Labute approximate surface area is 114 Å². The van der Waals surface area contributed by atoms with Crippen LogP contribution in [0.1, 0.15) is 11.8 Å². The van der Waals surface area contributed by atoms with Crippen LogP contribution in [0.3, 0.4) is 0 Å². The summed E-state index contributed by atoms with van der Waals surface area (Å²) >= 11 is 0. The number of hydrogen-bond acceptors (Lipinski definition) is 5. The molecule has 1 heterocycles. The van der Waals surface area contributed by atoms with Crippen LogP contribution in [0.15, 0.2) is 22.8 Å². The highest BCUT2D eigenvalue weighted by atomic mass is 16.5. The largest absolute Gasteiger partial charge is 0.468 e. The Hall–Kier alpha value is -1.37. The number of amides is 1. The number of nitrogens with one attached hydrogen (secondary N) is 2. The number of hydrogen-bond donors (Lipinski definition) is 2. The van der Waals surface area contributed by atoms with E-state index < -0.39 is 0 Å². The Morgan fingerprint density at radius 2 is 2.32 bits per heavy atom. The topological polar surface area (TPSA) is 66.7 Å². The van der Waals surface area contributed by atoms with E-state index in [1.807, 2.05) is 31.1 Å². The van der Waals surface area contributed by atoms with Crippen molar-refractivity contribution in [3.05, 3.63) is 24.2 Å². The minimum atomic E-state index is -0.0329. The number of furan rings is 1. The van der Waals surface area contributed by atoms with Crippen LogP contribution < -0.4 is 10.6 Å². The summed E-state index contributed by atoms with van der Waals surface area (Å²) in [7, 11) is 5.54. The molecule has 0 aliphatic carbocycles. The number of carbonyl (C=O) groups excluding carboxylic acids is 1. The van der Waals surface area contributed by atoms with Crippen molar-refractivity contribution in [3.63, 3.8) is 0 Å². The van der Waals surface area contributed by atoms with Gasteiger partial charge in [-0.15, -0.1) is 0 Å². The van der Waals surface area contributed by atoms with E-state index in [1.54, 1.807) is 13.4 Å². The van der Waals surface area contributed by atoms with E-state index in [2.05, 4.69) is 10.6 Å². The monoisotopic (exact) mass is 269 g/mol. The van der Waals surface area contributed by atoms with E-state index >= 15 is 0 Å². The number of carbonyl (C=O) groups is 1. The molecule has 0 aromatic carbocycles. The van der Waals surface area contributed by atoms with E-state index in [0.717, 1.165) is 5.76 Å². The third-order valence-electron chi connectivity index (χ3n) is 2.76. The highest BCUT2D eigenvalue weighted by Crippen LogP contribution is 2.17. The summed E-state index contributed by atoms with van der Waals surface area (Å²) in [5, 5.41) is 5.89. The molecule has 1 rings (SSSR count). The maximum absolute atomic E-state index is 11.6. The van der Waals surface area contributed by atoms with Crippen LogP contribution in [-0.2, 0) is 9.53 Å². The average Bonchev–Trinajstić information content (AvgIpc) is 2.88. The molecule has 0 aliphatic rings. The van der Waals surface area contributed by atoms with Gasteiger partial charge in [0.25, 0.3) is 0 Å². The van der Waals surface area contributed by atoms with Gasteiger partial charge in [0.15, 0.2) is 0 Å². The van der Waals surface area contributed by atoms with Crippen LogP contribution in [-0.4, -0.2) is 58.3 Å². The molecule has 0 radical (unpaired) electrons. The summed E-state index contributed by atoms with van der Waals surface area (Å²) in [5.41, 5.74) is 0. The van der Waals surface area contributed by atoms with Crippen molar-refractivity contribution in [3.8, 4) is 0 Å². The molecule has 6 nitrogen and oxygen atoms in total. The van der Waals surface area contributed by atoms with Gasteiger partial charge in [-0.2, -0.15) is 0 Å². The van der Waals surface area contributed by atoms with Gasteiger partial charge in [0, 0.05) is 20.2 Å². The van der Waals surface area contributed by atoms with Crippen LogP contribution in [0.5, 0.6) is 0 Å². The molecule has 1 aromatic heterocycles. The zero-order chi connectivity index (χ0) is 14.1. The highest BCUT2D eigenvalue weighted by molar-refractivity contribution is 5.78. The van der Waals surface area contributed by atoms with E-state index in [-0.39, 0.29) is 11.9 Å². The maximum atomic E-state index is 11.6. The quantitative estimate of drug-likeness (QED) is 0.628. The summed E-state index contributed by atoms with van der Waals surface area (Å²) in [6, 6.07) is 3.80. The zero-order valence-electron chi connectivity index (χ0n) is 11.8. The van der Waals surface area contributed by atoms with Gasteiger partial charge in [-0.05, 0) is 26.2 Å². The van der Waals surface area contributed by atoms with Crippen molar-refractivity contribution in [1.29, 1.82) is 0 Å². The lowest BCUT2D eigenvalue weighted by Gasteiger charge is -2.22. The van der Waals surface area contributed by atoms with E-state index in [9.17, 15) is 4.79 Å². The van der Waals surface area contributed by atoms with Gasteiger partial charge in [-0.3, -0.25) is 9.69 Å². The Kier molecular flexibility index (Phi) is 7.17. The van der Waals surface area contributed by atoms with Crippen molar-refractivity contribution in [1.82, 2.24) is 15.5 Å². The van der Waals surface area contributed by atoms with Crippen LogP contribution in [0, 0.1) is 0 Å². The minimum absolute atomic E-state index is 0.0329. The summed E-state index contributed by atoms with van der Waals surface area (Å²) in [4.78, 5) is 13.7. The number of methoxy groups -OCH3 is 1. The summed E-state index contributed by atoms with van der Waals surface area (Å²) in [5.74, 6) is 0.812. The number of ether oxygens (including phenoxy) is 1. The highest BCUT2D eigenvalue weighted by Gasteiger charge is 2.17. The van der Waals surface area contributed by atoms with Gasteiger partial charge in [-0.25, -0.2) is 0 Å². The molecular weight excluding hydrogens is 246 g/mol. The summed E-state index contributed by atoms with van der Waals surface area (Å²) in [6.07, 6.45) is 1.64. The first-order valence-corrected chi connectivity index (χ1v) is 6.31. The molecule has 2 N–H and O–H groups in total. The lowest BCUT2D eigenvalue weighted by molar-refractivity contribution is -0.120. The predicted molar refractivity (Wildman–Crippen MR) is 72.9 cm³/mol. The molecule has 0 bridgehead atoms. The molecule has 1 atom stereocenters. The number of nitrogens with zero attached hydrogens (tertiary/aromatic N) is 1. The molecule has 19 heavy (non-hydrogen) atoms. The zero-order valence-corrected chi connectivity index (χ0v) is 11.8. The van der Waals surface area contributed by atoms with E-state index in [1.165, 1.54) is 0 Å². The number of likely N-dealkylation sites (N-methyl/N-ethyl adjacent to an activating group) is 1. The Morgan fingerprint density at radius 3 is 2.89 bits per heavy atom. The van der Waals surface area contributed by atoms with Crippen LogP contribution in [0.2, 0.25) is 0 Å². The normalized spacial score (nSPS) is 12.6. The fourth-order valence-corrected chi connectivity index (χ4v) is 1.67. The first kappa shape index (κ1) is 15.7. The molecule has 0 saturated carbocycles. The molecule has 1 amide bonds. The van der Waals surface area contributed by atoms with E-state index in [0.29, 0.717) is 26.2 Å². The van der Waals surface area contributed by atoms with Gasteiger partial charge in [0.05, 0.1) is 25.5 Å². The molecular formula is C13H23N3O3. The van der Waals surface area contributed by atoms with Crippen molar-refractivity contribution < 1.29 is 13.9 Å². The van der Waals surface area contributed by atoms with Crippen molar-refractivity contribution >= 4 is 5.91 Å². The van der Waals surface area contributed by atoms with E-state index in [4.69, 9.17) is 9.15 Å². The standard InChI is InChI=1S/C13H23N3O3/c1-16(2)11(12-5-4-7-19-12)9-15-13(17)10-14-6-8-18-3/h4-5,7,11,14H,6,8-10H2,1-3H3,(H,15,17). The van der Waals surface area contributed by atoms with Crippen molar-refractivity contribution in [2.45, 2.75) is 6.04 Å². The van der Waals surface area contributed by atoms with Crippen LogP contribution >= 0.6 is 0 Å². The molecule has 108 valence electrons. The fraction of sp³-hybridized carbons (Fsp3) is 0.615. The van der Waals surface area contributed by atoms with Crippen molar-refractivity contribution in [2.75, 3.05) is 47.4 Å². The SMILES string of the molecule is COCCNCC(=O)NCC(c1ccco1)N(C)C. The minimum Gasteiger partial charge on any atom is -0.468 e. The fourth-order valence-electron chi connectivity index (χ4n) is 1.67. The third-order valence-corrected chi connectivity index (χ3v) is 2.76. The van der Waals surface area contributed by atoms with Crippen molar-refractivity contribution in [2.24, 2.45) is 0 Å². The van der Waals surface area contributed by atoms with Gasteiger partial charge in [0.2, 0.25) is 5.91 Å². The smallest absolute Gasteiger partial charge is 0.234 e. The Bertz CT molecular complexity index is 352. The molecule has 0 aliphatic heterocycles. The van der Waals surface area contributed by atoms with Crippen LogP contribution in [0.4, 0.5) is 0 Å².